The third-order valence-corrected chi connectivity index (χ3v) is 17.7. The van der Waals surface area contributed by atoms with Gasteiger partial charge in [-0.05, 0) is 59.3 Å². The maximum absolute atomic E-state index is 13.1. The smallest absolute Gasteiger partial charge is 0.394 e. The van der Waals surface area contributed by atoms with Gasteiger partial charge in [-0.2, -0.15) is 0 Å². The van der Waals surface area contributed by atoms with E-state index < -0.39 is 148 Å². The van der Waals surface area contributed by atoms with E-state index in [2.05, 4.69) is 0 Å². The number of phosphoric acid groups is 3. The summed E-state index contributed by atoms with van der Waals surface area (Å²) < 4.78 is 120. The lowest BCUT2D eigenvalue weighted by Crippen LogP contribution is -2.55. The third-order valence-electron chi connectivity index (χ3n) is 14.7. The molecule has 0 bridgehead atoms. The molecule has 32 heteroatoms. The highest BCUT2D eigenvalue weighted by atomic mass is 31.2. The number of phosphoric ester groups is 3. The molecule has 19 atom stereocenters. The number of rotatable bonds is 45. The molecule has 4 heterocycles. The normalized spacial score (nSPS) is 32.3. The zero-order valence-electron chi connectivity index (χ0n) is 50.1. The lowest BCUT2D eigenvalue weighted by molar-refractivity contribution is -0.280. The predicted molar refractivity (Wildman–Crippen MR) is 298 cm³/mol. The number of hydrogen-bond acceptors (Lipinski definition) is 26. The van der Waals surface area contributed by atoms with Gasteiger partial charge in [-0.25, -0.2) is 13.7 Å². The van der Waals surface area contributed by atoms with Crippen LogP contribution in [0.3, 0.4) is 0 Å². The van der Waals surface area contributed by atoms with E-state index in [0.29, 0.717) is 38.7 Å². The van der Waals surface area contributed by atoms with Crippen LogP contribution in [0, 0.1) is 17.8 Å². The minimum Gasteiger partial charge on any atom is -0.394 e. The van der Waals surface area contributed by atoms with Crippen molar-refractivity contribution >= 4 is 35.0 Å². The van der Waals surface area contributed by atoms with Crippen molar-refractivity contribution in [3.05, 3.63) is 0 Å². The summed E-state index contributed by atoms with van der Waals surface area (Å²) in [5.74, 6) is -1.47. The van der Waals surface area contributed by atoms with Crippen molar-refractivity contribution in [1.82, 2.24) is 0 Å². The summed E-state index contributed by atoms with van der Waals surface area (Å²) in [6.07, 6.45) is -4.91. The standard InChI is InChI=1S/C53H99O29P3/c1-35-42(29-54)80-51(36(2)48(35)59)70-31-38(56)19-13-9-7-11-15-21-68-46-27-40(58)44(78-46)33-76-83(62,63)74-25-18-26-75-85(66,67)82-41-28-47(79-45(41)34-77-84(64,65)73-24-17-23-72-53(4,5)6)69-22-16-12-8-10-14-20-39(57)32-71-52-37(3)49(60)50(61)43(30-55)81-52/h35-37,40-52,54-55,58-61H,7-34H2,1-6H3,(H,62,63)(H,64,65)(H,66,67)/t35-,36?,37?,40+,41+,42?,43?,44?,45?,46-,47-,48-,49+,50-,51+,52+/m0/s1. The number of aliphatic hydroxyl groups excluding tert-OH is 6. The van der Waals surface area contributed by atoms with Crippen LogP contribution in [0.1, 0.15) is 144 Å². The molecule has 4 saturated heterocycles. The minimum atomic E-state index is -4.88. The van der Waals surface area contributed by atoms with Crippen LogP contribution >= 0.6 is 23.5 Å². The monoisotopic (exact) mass is 1290 g/mol. The summed E-state index contributed by atoms with van der Waals surface area (Å²) >= 11 is 0. The van der Waals surface area contributed by atoms with Gasteiger partial charge in [0.05, 0.1) is 76.3 Å². The summed E-state index contributed by atoms with van der Waals surface area (Å²) in [5, 5.41) is 60.1. The van der Waals surface area contributed by atoms with Gasteiger partial charge < -0.3 is 88.0 Å². The van der Waals surface area contributed by atoms with Crippen LogP contribution in [0.25, 0.3) is 0 Å². The highest BCUT2D eigenvalue weighted by molar-refractivity contribution is 7.48. The van der Waals surface area contributed by atoms with Gasteiger partial charge >= 0.3 is 23.5 Å². The average Bonchev–Trinajstić information content (AvgIpc) is 4.04. The summed E-state index contributed by atoms with van der Waals surface area (Å²) in [6.45, 7) is 8.13. The van der Waals surface area contributed by atoms with Crippen LogP contribution in [0.5, 0.6) is 0 Å². The van der Waals surface area contributed by atoms with Gasteiger partial charge in [-0.15, -0.1) is 0 Å². The molecular formula is C53H99O29P3. The van der Waals surface area contributed by atoms with Crippen LogP contribution in [-0.2, 0) is 93.1 Å². The number of carbonyl (C=O) groups is 2. The average molecular weight is 1290 g/mol. The second-order valence-electron chi connectivity index (χ2n) is 23.0. The summed E-state index contributed by atoms with van der Waals surface area (Å²) in [5.41, 5.74) is -0.423. The van der Waals surface area contributed by atoms with Crippen LogP contribution in [0.2, 0.25) is 0 Å². The molecule has 0 saturated carbocycles. The van der Waals surface area contributed by atoms with Crippen molar-refractivity contribution in [2.24, 2.45) is 17.8 Å². The number of ketones is 2. The van der Waals surface area contributed by atoms with E-state index >= 15 is 0 Å². The molecule has 0 radical (unpaired) electrons. The molecule has 0 spiro atoms. The SMILES string of the molecule is CC1[C@H](OCC(=O)CCCCCCCO[C@@H]2C[C@@H](O)C(COP(=O)(O)OCCCOP(=O)(O)O[C@@H]3C[C@@H](OCCCCCCCC(=O)CO[C@@H]4OC(CO)[C@H](O)[C@H](O)C4C)OC3COP(=O)(O)OCCCOC(C)(C)C)O2)OC(CO)[C@H](C)[C@@H]1O. The Balaban J connectivity index is 1.09. The van der Waals surface area contributed by atoms with Gasteiger partial charge in [-0.1, -0.05) is 59.3 Å². The Kier molecular flexibility index (Phi) is 34.9. The van der Waals surface area contributed by atoms with Crippen molar-refractivity contribution < 1.29 is 138 Å². The van der Waals surface area contributed by atoms with E-state index in [-0.39, 0.29) is 95.1 Å². The highest BCUT2D eigenvalue weighted by Crippen LogP contribution is 2.50. The fourth-order valence-corrected chi connectivity index (χ4v) is 12.1. The second kappa shape index (κ2) is 38.8. The Morgan fingerprint density at radius 2 is 0.918 bits per heavy atom. The number of hydrogen-bond donors (Lipinski definition) is 9. The Morgan fingerprint density at radius 1 is 0.471 bits per heavy atom. The molecule has 85 heavy (non-hydrogen) atoms. The Bertz CT molecular complexity index is 2040. The number of aliphatic hydroxyl groups is 6. The maximum Gasteiger partial charge on any atom is 0.472 e. The van der Waals surface area contributed by atoms with E-state index in [4.69, 9.17) is 69.8 Å². The van der Waals surface area contributed by atoms with Crippen molar-refractivity contribution in [3.8, 4) is 0 Å². The van der Waals surface area contributed by atoms with Gasteiger partial charge in [0.25, 0.3) is 0 Å². The molecule has 500 valence electrons. The Labute approximate surface area is 499 Å². The third kappa shape index (κ3) is 29.5. The van der Waals surface area contributed by atoms with Crippen molar-refractivity contribution in [3.63, 3.8) is 0 Å². The lowest BCUT2D eigenvalue weighted by atomic mass is 9.86. The van der Waals surface area contributed by atoms with E-state index in [1.807, 2.05) is 20.8 Å². The molecule has 4 fully saturated rings. The quantitative estimate of drug-likeness (QED) is 0.0304. The first-order chi connectivity index (χ1) is 40.1. The molecular weight excluding hydrogens is 1190 g/mol. The Hall–Kier alpha value is -0.930. The summed E-state index contributed by atoms with van der Waals surface area (Å²) in [4.78, 5) is 56.2. The first kappa shape index (κ1) is 76.5. The summed E-state index contributed by atoms with van der Waals surface area (Å²) in [7, 11) is -14.2. The number of unbranched alkanes of at least 4 members (excludes halogenated alkanes) is 8. The number of carbonyl (C=O) groups excluding carboxylic acids is 2. The summed E-state index contributed by atoms with van der Waals surface area (Å²) in [6, 6.07) is 0. The van der Waals surface area contributed by atoms with Gasteiger partial charge in [0.15, 0.2) is 36.7 Å². The fourth-order valence-electron chi connectivity index (χ4n) is 9.56. The van der Waals surface area contributed by atoms with Crippen LogP contribution in [-0.4, -0.2) is 222 Å². The first-order valence-corrected chi connectivity index (χ1v) is 34.2. The topological polar surface area (TPSA) is 406 Å². The van der Waals surface area contributed by atoms with Crippen LogP contribution in [0.4, 0.5) is 0 Å². The van der Waals surface area contributed by atoms with Crippen LogP contribution in [0.15, 0.2) is 0 Å². The van der Waals surface area contributed by atoms with Gasteiger partial charge in [0.2, 0.25) is 0 Å². The van der Waals surface area contributed by atoms with Crippen molar-refractivity contribution in [1.29, 1.82) is 0 Å². The van der Waals surface area contributed by atoms with E-state index in [9.17, 15) is 68.6 Å². The zero-order chi connectivity index (χ0) is 62.8. The molecule has 9 N–H and O–H groups in total. The second-order valence-corrected chi connectivity index (χ2v) is 27.3. The van der Waals surface area contributed by atoms with Gasteiger partial charge in [-0.3, -0.25) is 36.7 Å². The van der Waals surface area contributed by atoms with Crippen molar-refractivity contribution in [2.75, 3.05) is 79.3 Å². The number of ether oxygens (including phenoxy) is 9. The van der Waals surface area contributed by atoms with Crippen molar-refractivity contribution in [2.45, 2.75) is 230 Å². The van der Waals surface area contributed by atoms with E-state index in [1.54, 1.807) is 20.8 Å². The molecule has 4 rings (SSSR count). The molecule has 0 aromatic carbocycles. The van der Waals surface area contributed by atoms with E-state index in [1.165, 1.54) is 0 Å². The molecule has 0 aliphatic carbocycles. The molecule has 4 aliphatic rings. The molecule has 0 aromatic rings. The highest BCUT2D eigenvalue weighted by Gasteiger charge is 2.45. The molecule has 0 aromatic heterocycles. The minimum absolute atomic E-state index is 0.0840. The predicted octanol–water partition coefficient (Wildman–Crippen LogP) is 4.25. The zero-order valence-corrected chi connectivity index (χ0v) is 52.8. The molecule has 0 amide bonds. The first-order valence-electron chi connectivity index (χ1n) is 29.7. The van der Waals surface area contributed by atoms with Crippen LogP contribution < -0.4 is 0 Å². The largest absolute Gasteiger partial charge is 0.472 e. The fraction of sp³-hybridized carbons (Fsp3) is 0.962. The van der Waals surface area contributed by atoms with E-state index in [0.717, 1.165) is 38.5 Å². The molecule has 9 unspecified atom stereocenters. The van der Waals surface area contributed by atoms with Gasteiger partial charge in [0.1, 0.15) is 43.7 Å². The number of Topliss-reactive ketones (excluding diaryl/α,β-unsaturated/α-hetero) is 2. The lowest BCUT2D eigenvalue weighted by Gasteiger charge is -2.41. The Morgan fingerprint density at radius 3 is 1.45 bits per heavy atom. The maximum atomic E-state index is 13.1. The molecule has 4 aliphatic heterocycles. The molecule has 29 nitrogen and oxygen atoms in total. The van der Waals surface area contributed by atoms with Gasteiger partial charge in [0, 0.05) is 63.3 Å².